The van der Waals surface area contributed by atoms with Gasteiger partial charge in [-0.25, -0.2) is 4.39 Å². The minimum atomic E-state index is -0.448. The number of hydrogen-bond acceptors (Lipinski definition) is 3. The summed E-state index contributed by atoms with van der Waals surface area (Å²) in [5, 5.41) is 0. The number of Topliss-reactive ketones (excluding diaryl/α,β-unsaturated/α-hetero) is 1. The smallest absolute Gasteiger partial charge is 0.192 e. The summed E-state index contributed by atoms with van der Waals surface area (Å²) in [5.41, 5.74) is 0.964. The molecule has 3 rings (SSSR count). The summed E-state index contributed by atoms with van der Waals surface area (Å²) in [6.45, 7) is 3.99. The Hall–Kier alpha value is -1.26. The van der Waals surface area contributed by atoms with E-state index in [0.717, 1.165) is 13.0 Å². The fraction of sp³-hybridized carbons (Fsp3) is 0.533. The van der Waals surface area contributed by atoms with Crippen molar-refractivity contribution >= 4 is 5.78 Å². The Morgan fingerprint density at radius 2 is 2.32 bits per heavy atom. The van der Waals surface area contributed by atoms with Crippen molar-refractivity contribution in [3.63, 3.8) is 0 Å². The van der Waals surface area contributed by atoms with Crippen LogP contribution in [0.4, 0.5) is 4.39 Å². The summed E-state index contributed by atoms with van der Waals surface area (Å²) in [4.78, 5) is 14.6. The first-order valence-corrected chi connectivity index (χ1v) is 6.81. The Balaban J connectivity index is 1.74. The average Bonchev–Trinajstić information content (AvgIpc) is 2.88. The number of ether oxygens (including phenoxy) is 1. The van der Waals surface area contributed by atoms with Crippen LogP contribution in [0.25, 0.3) is 0 Å². The Bertz CT molecular complexity index is 503. The number of rotatable bonds is 2. The van der Waals surface area contributed by atoms with Gasteiger partial charge < -0.3 is 4.74 Å². The predicted molar refractivity (Wildman–Crippen MR) is 69.8 cm³/mol. The zero-order valence-electron chi connectivity index (χ0n) is 11.1. The van der Waals surface area contributed by atoms with Crippen LogP contribution in [0.1, 0.15) is 28.8 Å². The fourth-order valence-electron chi connectivity index (χ4n) is 2.91. The fourth-order valence-corrected chi connectivity index (χ4v) is 2.91. The van der Waals surface area contributed by atoms with Gasteiger partial charge in [-0.1, -0.05) is 12.1 Å². The molecule has 2 aliphatic rings. The van der Waals surface area contributed by atoms with Crippen LogP contribution in [0, 0.1) is 12.7 Å². The number of carbonyl (C=O) groups excluding carboxylic acids is 1. The van der Waals surface area contributed by atoms with E-state index in [1.807, 2.05) is 0 Å². The van der Waals surface area contributed by atoms with Crippen molar-refractivity contribution in [3.8, 4) is 0 Å². The van der Waals surface area contributed by atoms with Crippen molar-refractivity contribution in [2.45, 2.75) is 31.9 Å². The second-order valence-corrected chi connectivity index (χ2v) is 5.44. The zero-order chi connectivity index (χ0) is 13.4. The lowest BCUT2D eigenvalue weighted by molar-refractivity contribution is -0.0344. The maximum Gasteiger partial charge on any atom is 0.192 e. The van der Waals surface area contributed by atoms with Crippen LogP contribution in [0.15, 0.2) is 18.2 Å². The molecule has 1 aromatic rings. The molecule has 2 saturated heterocycles. The van der Waals surface area contributed by atoms with Gasteiger partial charge in [0.1, 0.15) is 11.9 Å². The van der Waals surface area contributed by atoms with Crippen LogP contribution in [0.5, 0.6) is 0 Å². The molecule has 2 unspecified atom stereocenters. The van der Waals surface area contributed by atoms with Crippen LogP contribution in [0.2, 0.25) is 0 Å². The molecule has 102 valence electrons. The van der Waals surface area contributed by atoms with E-state index in [2.05, 4.69) is 4.90 Å². The maximum atomic E-state index is 13.5. The largest absolute Gasteiger partial charge is 0.367 e. The van der Waals surface area contributed by atoms with Crippen molar-refractivity contribution in [2.75, 3.05) is 19.7 Å². The maximum absolute atomic E-state index is 13.5. The van der Waals surface area contributed by atoms with E-state index in [-0.39, 0.29) is 11.6 Å². The highest BCUT2D eigenvalue weighted by molar-refractivity contribution is 5.99. The summed E-state index contributed by atoms with van der Waals surface area (Å²) in [6, 6.07) is 5.11. The number of carbonyl (C=O) groups is 1. The van der Waals surface area contributed by atoms with E-state index in [4.69, 9.17) is 4.74 Å². The van der Waals surface area contributed by atoms with Gasteiger partial charge >= 0.3 is 0 Å². The summed E-state index contributed by atoms with van der Waals surface area (Å²) < 4.78 is 19.2. The Kier molecular flexibility index (Phi) is 3.37. The number of benzene rings is 1. The van der Waals surface area contributed by atoms with E-state index in [0.29, 0.717) is 30.3 Å². The molecule has 2 fully saturated rings. The molecule has 1 aromatic carbocycles. The SMILES string of the molecule is Cc1ccc(C(=O)C2CN3CCCC3CO2)cc1F. The highest BCUT2D eigenvalue weighted by Crippen LogP contribution is 2.24. The van der Waals surface area contributed by atoms with E-state index in [1.54, 1.807) is 19.1 Å². The van der Waals surface area contributed by atoms with Crippen molar-refractivity contribution in [2.24, 2.45) is 0 Å². The third kappa shape index (κ3) is 2.42. The number of ketones is 1. The molecule has 0 radical (unpaired) electrons. The molecule has 0 saturated carbocycles. The first-order valence-electron chi connectivity index (χ1n) is 6.81. The molecular weight excluding hydrogens is 245 g/mol. The van der Waals surface area contributed by atoms with Crippen molar-refractivity contribution < 1.29 is 13.9 Å². The molecule has 0 spiro atoms. The predicted octanol–water partition coefficient (Wildman–Crippen LogP) is 2.18. The number of nitrogens with zero attached hydrogens (tertiary/aromatic N) is 1. The standard InChI is InChI=1S/C15H18FNO2/c1-10-4-5-11(7-13(10)16)15(18)14-8-17-6-2-3-12(17)9-19-14/h4-5,7,12,14H,2-3,6,8-9H2,1H3. The summed E-state index contributed by atoms with van der Waals surface area (Å²) in [5.74, 6) is -0.440. The molecule has 2 heterocycles. The molecule has 0 N–H and O–H groups in total. The van der Waals surface area contributed by atoms with Crippen LogP contribution < -0.4 is 0 Å². The van der Waals surface area contributed by atoms with Crippen LogP contribution >= 0.6 is 0 Å². The molecular formula is C15H18FNO2. The third-order valence-electron chi connectivity index (χ3n) is 4.14. The molecule has 4 heteroatoms. The molecule has 0 aromatic heterocycles. The minimum Gasteiger partial charge on any atom is -0.367 e. The van der Waals surface area contributed by atoms with E-state index in [1.165, 1.54) is 12.5 Å². The zero-order valence-corrected chi connectivity index (χ0v) is 11.1. The van der Waals surface area contributed by atoms with Gasteiger partial charge in [-0.2, -0.15) is 0 Å². The van der Waals surface area contributed by atoms with Gasteiger partial charge in [0.05, 0.1) is 6.61 Å². The van der Waals surface area contributed by atoms with Crippen LogP contribution in [-0.4, -0.2) is 42.5 Å². The van der Waals surface area contributed by atoms with E-state index >= 15 is 0 Å². The van der Waals surface area contributed by atoms with Crippen LogP contribution in [-0.2, 0) is 4.74 Å². The molecule has 2 aliphatic heterocycles. The Morgan fingerprint density at radius 3 is 3.11 bits per heavy atom. The van der Waals surface area contributed by atoms with E-state index < -0.39 is 6.10 Å². The third-order valence-corrected chi connectivity index (χ3v) is 4.14. The lowest BCUT2D eigenvalue weighted by Gasteiger charge is -2.34. The molecule has 0 aliphatic carbocycles. The second-order valence-electron chi connectivity index (χ2n) is 5.44. The van der Waals surface area contributed by atoms with E-state index in [9.17, 15) is 9.18 Å². The van der Waals surface area contributed by atoms with Gasteiger partial charge in [-0.05, 0) is 37.9 Å². The lowest BCUT2D eigenvalue weighted by Crippen LogP contribution is -2.49. The molecule has 0 bridgehead atoms. The quantitative estimate of drug-likeness (QED) is 0.766. The normalized spacial score (nSPS) is 27.3. The van der Waals surface area contributed by atoms with Gasteiger partial charge in [0, 0.05) is 18.2 Å². The number of fused-ring (bicyclic) bond motifs is 1. The molecule has 19 heavy (non-hydrogen) atoms. The van der Waals surface area contributed by atoms with Gasteiger partial charge in [0.25, 0.3) is 0 Å². The average molecular weight is 263 g/mol. The monoisotopic (exact) mass is 263 g/mol. The number of morpholine rings is 1. The number of hydrogen-bond donors (Lipinski definition) is 0. The van der Waals surface area contributed by atoms with Gasteiger partial charge in [0.2, 0.25) is 0 Å². The van der Waals surface area contributed by atoms with Crippen molar-refractivity contribution in [1.82, 2.24) is 4.90 Å². The number of halogens is 1. The first-order chi connectivity index (χ1) is 9.15. The van der Waals surface area contributed by atoms with Crippen LogP contribution in [0.3, 0.4) is 0 Å². The van der Waals surface area contributed by atoms with Crippen molar-refractivity contribution in [3.05, 3.63) is 35.1 Å². The first kappa shape index (κ1) is 12.8. The molecule has 3 nitrogen and oxygen atoms in total. The number of aryl methyl sites for hydroxylation is 1. The lowest BCUT2D eigenvalue weighted by atomic mass is 10.0. The summed E-state index contributed by atoms with van der Waals surface area (Å²) in [7, 11) is 0. The second kappa shape index (κ2) is 5.02. The summed E-state index contributed by atoms with van der Waals surface area (Å²) >= 11 is 0. The highest BCUT2D eigenvalue weighted by Gasteiger charge is 2.35. The summed E-state index contributed by atoms with van der Waals surface area (Å²) in [6.07, 6.45) is 1.88. The van der Waals surface area contributed by atoms with Gasteiger partial charge in [-0.3, -0.25) is 9.69 Å². The Labute approximate surface area is 112 Å². The van der Waals surface area contributed by atoms with Crippen molar-refractivity contribution in [1.29, 1.82) is 0 Å². The topological polar surface area (TPSA) is 29.5 Å². The molecule has 0 amide bonds. The van der Waals surface area contributed by atoms with Gasteiger partial charge in [-0.15, -0.1) is 0 Å². The molecule has 2 atom stereocenters. The Morgan fingerprint density at radius 1 is 1.47 bits per heavy atom. The minimum absolute atomic E-state index is 0.107. The van der Waals surface area contributed by atoms with Gasteiger partial charge in [0.15, 0.2) is 5.78 Å². The highest BCUT2D eigenvalue weighted by atomic mass is 19.1.